The molecule has 1 aliphatic heterocycles. The highest BCUT2D eigenvalue weighted by atomic mass is 15.3. The molecular formula is C16H28N4. The molecule has 0 radical (unpaired) electrons. The van der Waals surface area contributed by atoms with Crippen molar-refractivity contribution in [3.05, 3.63) is 11.9 Å². The Hall–Kier alpha value is -1.03. The van der Waals surface area contributed by atoms with E-state index in [9.17, 15) is 0 Å². The second-order valence-electron chi connectivity index (χ2n) is 6.42. The third-order valence-corrected chi connectivity index (χ3v) is 5.02. The Morgan fingerprint density at radius 1 is 1.30 bits per heavy atom. The van der Waals surface area contributed by atoms with E-state index in [2.05, 4.69) is 28.9 Å². The predicted octanol–water partition coefficient (Wildman–Crippen LogP) is 2.71. The van der Waals surface area contributed by atoms with Crippen LogP contribution in [0.3, 0.4) is 0 Å². The minimum absolute atomic E-state index is 0.625. The lowest BCUT2D eigenvalue weighted by atomic mass is 9.88. The van der Waals surface area contributed by atoms with Crippen molar-refractivity contribution in [1.29, 1.82) is 0 Å². The fourth-order valence-electron chi connectivity index (χ4n) is 4.01. The molecule has 4 heteroatoms. The molecule has 1 saturated carbocycles. The van der Waals surface area contributed by atoms with Crippen LogP contribution in [0.2, 0.25) is 0 Å². The van der Waals surface area contributed by atoms with E-state index in [1.54, 1.807) is 0 Å². The van der Waals surface area contributed by atoms with Crippen LogP contribution in [-0.4, -0.2) is 28.4 Å². The highest BCUT2D eigenvalue weighted by Crippen LogP contribution is 2.34. The Labute approximate surface area is 122 Å². The number of nitrogens with one attached hydrogen (secondary N) is 2. The maximum atomic E-state index is 4.55. The van der Waals surface area contributed by atoms with Crippen LogP contribution >= 0.6 is 0 Å². The van der Waals surface area contributed by atoms with E-state index in [0.717, 1.165) is 18.4 Å². The fraction of sp³-hybridized carbons (Fsp3) is 0.812. The van der Waals surface area contributed by atoms with Gasteiger partial charge in [0.2, 0.25) is 0 Å². The molecule has 4 nitrogen and oxygen atoms in total. The lowest BCUT2D eigenvalue weighted by Crippen LogP contribution is -2.44. The Balaban J connectivity index is 1.68. The molecule has 2 N–H and O–H groups in total. The molecule has 112 valence electrons. The van der Waals surface area contributed by atoms with Crippen molar-refractivity contribution in [2.45, 2.75) is 64.0 Å². The number of aryl methyl sites for hydroxylation is 2. The molecule has 1 aromatic rings. The van der Waals surface area contributed by atoms with Crippen molar-refractivity contribution in [2.75, 3.05) is 11.9 Å². The van der Waals surface area contributed by atoms with Crippen molar-refractivity contribution in [1.82, 2.24) is 15.1 Å². The summed E-state index contributed by atoms with van der Waals surface area (Å²) in [6.07, 6.45) is 11.3. The van der Waals surface area contributed by atoms with Gasteiger partial charge in [0.15, 0.2) is 0 Å². The fourth-order valence-corrected chi connectivity index (χ4v) is 4.01. The summed E-state index contributed by atoms with van der Waals surface area (Å²) in [5, 5.41) is 12.1. The summed E-state index contributed by atoms with van der Waals surface area (Å²) >= 11 is 0. The molecule has 0 amide bonds. The Morgan fingerprint density at radius 2 is 2.20 bits per heavy atom. The van der Waals surface area contributed by atoms with Gasteiger partial charge in [0.05, 0.1) is 11.4 Å². The first-order valence-corrected chi connectivity index (χ1v) is 8.30. The standard InChI is InChI=1S/C16H28N4/c1-3-13-16(11-20(2)19-13)18-15-9-6-7-12(15)14-8-4-5-10-17-14/h11-12,14-15,17-18H,3-10H2,1-2H3. The summed E-state index contributed by atoms with van der Waals surface area (Å²) in [7, 11) is 2.01. The Kier molecular flexibility index (Phi) is 4.29. The van der Waals surface area contributed by atoms with E-state index in [-0.39, 0.29) is 0 Å². The summed E-state index contributed by atoms with van der Waals surface area (Å²) in [6, 6.07) is 1.35. The van der Waals surface area contributed by atoms with Gasteiger partial charge in [-0.05, 0) is 44.6 Å². The van der Waals surface area contributed by atoms with Gasteiger partial charge in [-0.25, -0.2) is 0 Å². The molecule has 0 bridgehead atoms. The molecule has 3 atom stereocenters. The first kappa shape index (κ1) is 13.9. The maximum absolute atomic E-state index is 4.55. The van der Waals surface area contributed by atoms with Crippen LogP contribution in [-0.2, 0) is 13.5 Å². The molecule has 3 unspecified atom stereocenters. The highest BCUT2D eigenvalue weighted by molar-refractivity contribution is 5.47. The zero-order chi connectivity index (χ0) is 13.9. The summed E-state index contributed by atoms with van der Waals surface area (Å²) < 4.78 is 1.93. The molecular weight excluding hydrogens is 248 g/mol. The lowest BCUT2D eigenvalue weighted by Gasteiger charge is -2.33. The number of aromatic nitrogens is 2. The molecule has 2 heterocycles. The monoisotopic (exact) mass is 276 g/mol. The molecule has 2 aliphatic rings. The third-order valence-electron chi connectivity index (χ3n) is 5.02. The van der Waals surface area contributed by atoms with E-state index < -0.39 is 0 Å². The number of hydrogen-bond donors (Lipinski definition) is 2. The second kappa shape index (κ2) is 6.17. The minimum Gasteiger partial charge on any atom is -0.379 e. The number of hydrogen-bond acceptors (Lipinski definition) is 3. The molecule has 1 aromatic heterocycles. The zero-order valence-corrected chi connectivity index (χ0v) is 12.9. The smallest absolute Gasteiger partial charge is 0.0853 e. The van der Waals surface area contributed by atoms with Gasteiger partial charge >= 0.3 is 0 Å². The third kappa shape index (κ3) is 2.85. The molecule has 2 fully saturated rings. The van der Waals surface area contributed by atoms with Crippen molar-refractivity contribution >= 4 is 5.69 Å². The number of rotatable bonds is 4. The van der Waals surface area contributed by atoms with Crippen molar-refractivity contribution < 1.29 is 0 Å². The Bertz CT molecular complexity index is 434. The van der Waals surface area contributed by atoms with Crippen LogP contribution in [0.25, 0.3) is 0 Å². The number of nitrogens with zero attached hydrogens (tertiary/aromatic N) is 2. The molecule has 1 aliphatic carbocycles. The van der Waals surface area contributed by atoms with E-state index in [1.165, 1.54) is 56.5 Å². The van der Waals surface area contributed by atoms with Gasteiger partial charge in [0.25, 0.3) is 0 Å². The first-order chi connectivity index (χ1) is 9.78. The van der Waals surface area contributed by atoms with Crippen molar-refractivity contribution in [3.8, 4) is 0 Å². The molecule has 20 heavy (non-hydrogen) atoms. The van der Waals surface area contributed by atoms with E-state index in [1.807, 2.05) is 11.7 Å². The van der Waals surface area contributed by atoms with Crippen molar-refractivity contribution in [2.24, 2.45) is 13.0 Å². The van der Waals surface area contributed by atoms with Crippen LogP contribution in [0.15, 0.2) is 6.20 Å². The molecule has 0 aromatic carbocycles. The Morgan fingerprint density at radius 3 is 2.95 bits per heavy atom. The summed E-state index contributed by atoms with van der Waals surface area (Å²) in [4.78, 5) is 0. The largest absolute Gasteiger partial charge is 0.379 e. The van der Waals surface area contributed by atoms with E-state index in [4.69, 9.17) is 0 Å². The molecule has 0 spiro atoms. The molecule has 1 saturated heterocycles. The van der Waals surface area contributed by atoms with Gasteiger partial charge < -0.3 is 10.6 Å². The van der Waals surface area contributed by atoms with Gasteiger partial charge in [-0.3, -0.25) is 4.68 Å². The van der Waals surface area contributed by atoms with Crippen LogP contribution in [0, 0.1) is 5.92 Å². The van der Waals surface area contributed by atoms with E-state index in [0.29, 0.717) is 6.04 Å². The average molecular weight is 276 g/mol. The van der Waals surface area contributed by atoms with Crippen LogP contribution in [0.5, 0.6) is 0 Å². The van der Waals surface area contributed by atoms with Crippen LogP contribution in [0.1, 0.15) is 51.1 Å². The van der Waals surface area contributed by atoms with Gasteiger partial charge in [-0.1, -0.05) is 19.8 Å². The molecule has 3 rings (SSSR count). The maximum Gasteiger partial charge on any atom is 0.0853 e. The quantitative estimate of drug-likeness (QED) is 0.888. The van der Waals surface area contributed by atoms with Gasteiger partial charge in [0, 0.05) is 25.3 Å². The second-order valence-corrected chi connectivity index (χ2v) is 6.42. The van der Waals surface area contributed by atoms with Crippen molar-refractivity contribution in [3.63, 3.8) is 0 Å². The average Bonchev–Trinajstić information content (AvgIpc) is 3.07. The predicted molar refractivity (Wildman–Crippen MR) is 83.0 cm³/mol. The van der Waals surface area contributed by atoms with E-state index >= 15 is 0 Å². The topological polar surface area (TPSA) is 41.9 Å². The summed E-state index contributed by atoms with van der Waals surface area (Å²) in [5.41, 5.74) is 2.46. The lowest BCUT2D eigenvalue weighted by molar-refractivity contribution is 0.286. The van der Waals surface area contributed by atoms with Crippen LogP contribution in [0.4, 0.5) is 5.69 Å². The number of piperidine rings is 1. The van der Waals surface area contributed by atoms with Gasteiger partial charge in [0.1, 0.15) is 0 Å². The van der Waals surface area contributed by atoms with Gasteiger partial charge in [-0.15, -0.1) is 0 Å². The van der Waals surface area contributed by atoms with Gasteiger partial charge in [-0.2, -0.15) is 5.10 Å². The minimum atomic E-state index is 0.625. The summed E-state index contributed by atoms with van der Waals surface area (Å²) in [5.74, 6) is 0.792. The normalized spacial score (nSPS) is 30.6. The number of anilines is 1. The van der Waals surface area contributed by atoms with Crippen LogP contribution < -0.4 is 10.6 Å². The first-order valence-electron chi connectivity index (χ1n) is 8.30. The highest BCUT2D eigenvalue weighted by Gasteiger charge is 2.34. The SMILES string of the molecule is CCc1nn(C)cc1NC1CCCC1C1CCCCN1. The zero-order valence-electron chi connectivity index (χ0n) is 12.9. The summed E-state index contributed by atoms with van der Waals surface area (Å²) in [6.45, 7) is 3.39.